The topological polar surface area (TPSA) is 149 Å². The van der Waals surface area contributed by atoms with Crippen molar-refractivity contribution in [2.24, 2.45) is 0 Å². The summed E-state index contributed by atoms with van der Waals surface area (Å²) in [4.78, 5) is 43.1. The Morgan fingerprint density at radius 3 is 2.52 bits per heavy atom. The van der Waals surface area contributed by atoms with Gasteiger partial charge < -0.3 is 29.9 Å². The summed E-state index contributed by atoms with van der Waals surface area (Å²) in [6.45, 7) is 4.81. The van der Waals surface area contributed by atoms with E-state index in [9.17, 15) is 14.9 Å². The number of anilines is 3. The van der Waals surface area contributed by atoms with Gasteiger partial charge in [0.1, 0.15) is 24.2 Å². The Hall–Kier alpha value is -4.94. The molecule has 0 radical (unpaired) electrons. The van der Waals surface area contributed by atoms with Gasteiger partial charge in [-0.25, -0.2) is 18.7 Å². The van der Waals surface area contributed by atoms with Crippen LogP contribution in [0.5, 0.6) is 5.75 Å². The summed E-state index contributed by atoms with van der Waals surface area (Å²) in [5, 5.41) is 15.6. The zero-order valence-electron chi connectivity index (χ0n) is 26.1. The molecule has 2 unspecified atom stereocenters. The molecule has 0 spiro atoms. The molecule has 15 heteroatoms. The number of carbonyl (C=O) groups excluding carboxylic acids is 2. The van der Waals surface area contributed by atoms with Gasteiger partial charge in [-0.2, -0.15) is 10.2 Å². The third-order valence-corrected chi connectivity index (χ3v) is 9.28. The van der Waals surface area contributed by atoms with Crippen LogP contribution in [0.4, 0.5) is 26.1 Å². The fraction of sp³-hybridized carbons (Fsp3) is 0.455. The maximum absolute atomic E-state index is 15.2. The lowest BCUT2D eigenvalue weighted by molar-refractivity contribution is -0.161. The Morgan fingerprint density at radius 1 is 1.06 bits per heavy atom. The number of alkyl halides is 2. The van der Waals surface area contributed by atoms with E-state index < -0.39 is 30.5 Å². The zero-order chi connectivity index (χ0) is 33.3. The molecule has 48 heavy (non-hydrogen) atoms. The van der Waals surface area contributed by atoms with E-state index in [1.54, 1.807) is 6.07 Å². The standard InChI is InChI=1S/C33H35F2N9O4/c34-33(35)19-44(31(46)26-6-8-29(45)40-26)10-9-28(33)48-27-7-1-21(15-22(27)16-36)30-37-20-38-32(41-30)39-23-2-4-24(5-3-23)42-11-13-43(14-12-42)25-17-47-18-25/h1-5,7,15,20,25-26,28H,6,8-14,17-19H2,(H,40,45)(H,37,38,39,41). The minimum atomic E-state index is -3.37. The molecule has 4 fully saturated rings. The molecule has 4 aliphatic rings. The number of halogens is 2. The maximum Gasteiger partial charge on any atom is 0.301 e. The fourth-order valence-electron chi connectivity index (χ4n) is 6.44. The number of nitrogens with zero attached hydrogens (tertiary/aromatic N) is 7. The number of rotatable bonds is 8. The minimum absolute atomic E-state index is 0.000259. The number of benzene rings is 2. The highest BCUT2D eigenvalue weighted by atomic mass is 19.3. The number of hydrogen-bond acceptors (Lipinski definition) is 11. The monoisotopic (exact) mass is 659 g/mol. The van der Waals surface area contributed by atoms with Crippen LogP contribution in [0, 0.1) is 11.3 Å². The number of nitrogens with one attached hydrogen (secondary N) is 2. The summed E-state index contributed by atoms with van der Waals surface area (Å²) in [5.41, 5.74) is 2.47. The van der Waals surface area contributed by atoms with E-state index in [0.29, 0.717) is 24.0 Å². The first-order chi connectivity index (χ1) is 23.3. The quantitative estimate of drug-likeness (QED) is 0.368. The van der Waals surface area contributed by atoms with E-state index in [2.05, 4.69) is 47.5 Å². The van der Waals surface area contributed by atoms with Gasteiger partial charge in [0, 0.05) is 62.5 Å². The molecule has 1 aromatic heterocycles. The Kier molecular flexibility index (Phi) is 8.76. The lowest BCUT2D eigenvalue weighted by Gasteiger charge is -2.43. The SMILES string of the molecule is N#Cc1cc(-c2ncnc(Nc3ccc(N4CCN(C5COC5)CC4)cc3)n2)ccc1OC1CCN(C(=O)C2CCC(=O)N2)CC1(F)F. The van der Waals surface area contributed by atoms with E-state index in [4.69, 9.17) is 9.47 Å². The third kappa shape index (κ3) is 6.71. The first-order valence-corrected chi connectivity index (χ1v) is 16.1. The van der Waals surface area contributed by atoms with Crippen LogP contribution in [0.2, 0.25) is 0 Å². The van der Waals surface area contributed by atoms with Gasteiger partial charge in [-0.15, -0.1) is 0 Å². The lowest BCUT2D eigenvalue weighted by atomic mass is 10.0. The first-order valence-electron chi connectivity index (χ1n) is 16.1. The second-order valence-electron chi connectivity index (χ2n) is 12.4. The molecular formula is C33H35F2N9O4. The van der Waals surface area contributed by atoms with Crippen molar-refractivity contribution in [2.45, 2.75) is 43.4 Å². The largest absolute Gasteiger partial charge is 0.483 e. The summed E-state index contributed by atoms with van der Waals surface area (Å²) in [7, 11) is 0. The van der Waals surface area contributed by atoms with Crippen LogP contribution in [-0.2, 0) is 14.3 Å². The molecule has 0 bridgehead atoms. The van der Waals surface area contributed by atoms with Crippen LogP contribution in [0.1, 0.15) is 24.8 Å². The molecule has 3 aromatic rings. The molecule has 2 N–H and O–H groups in total. The Labute approximate surface area is 275 Å². The van der Waals surface area contributed by atoms with Crippen molar-refractivity contribution >= 4 is 29.1 Å². The normalized spacial score (nSPS) is 22.8. The van der Waals surface area contributed by atoms with Gasteiger partial charge in [-0.3, -0.25) is 14.5 Å². The van der Waals surface area contributed by atoms with Crippen LogP contribution >= 0.6 is 0 Å². The van der Waals surface area contributed by atoms with Crippen LogP contribution in [-0.4, -0.2) is 113 Å². The smallest absolute Gasteiger partial charge is 0.301 e. The average molecular weight is 660 g/mol. The molecule has 13 nitrogen and oxygen atoms in total. The Balaban J connectivity index is 0.972. The second-order valence-corrected chi connectivity index (χ2v) is 12.4. The van der Waals surface area contributed by atoms with Crippen molar-refractivity contribution < 1.29 is 27.8 Å². The van der Waals surface area contributed by atoms with E-state index in [1.165, 1.54) is 18.5 Å². The third-order valence-electron chi connectivity index (χ3n) is 9.28. The predicted octanol–water partition coefficient (Wildman–Crippen LogP) is 2.57. The average Bonchev–Trinajstić information content (AvgIpc) is 3.51. The molecule has 0 saturated carbocycles. The summed E-state index contributed by atoms with van der Waals surface area (Å²) < 4.78 is 41.4. The van der Waals surface area contributed by atoms with Gasteiger partial charge >= 0.3 is 5.92 Å². The highest BCUT2D eigenvalue weighted by Crippen LogP contribution is 2.34. The molecule has 7 rings (SSSR count). The number of likely N-dealkylation sites (tertiary alicyclic amines) is 1. The number of amides is 2. The summed E-state index contributed by atoms with van der Waals surface area (Å²) in [6, 6.07) is 14.4. The Bertz CT molecular complexity index is 1710. The van der Waals surface area contributed by atoms with Crippen molar-refractivity contribution in [1.82, 2.24) is 30.1 Å². The molecule has 0 aliphatic carbocycles. The molecule has 4 saturated heterocycles. The van der Waals surface area contributed by atoms with Crippen LogP contribution in [0.15, 0.2) is 48.8 Å². The summed E-state index contributed by atoms with van der Waals surface area (Å²) in [6.07, 6.45) is 0.172. The first kappa shape index (κ1) is 31.6. The molecular weight excluding hydrogens is 624 g/mol. The fourth-order valence-corrected chi connectivity index (χ4v) is 6.44. The van der Waals surface area contributed by atoms with Crippen molar-refractivity contribution in [3.63, 3.8) is 0 Å². The minimum Gasteiger partial charge on any atom is -0.483 e. The van der Waals surface area contributed by atoms with Crippen LogP contribution in [0.25, 0.3) is 11.4 Å². The summed E-state index contributed by atoms with van der Waals surface area (Å²) in [5.74, 6) is -3.55. The number of aromatic nitrogens is 3. The number of piperazine rings is 1. The van der Waals surface area contributed by atoms with E-state index in [1.807, 2.05) is 18.2 Å². The van der Waals surface area contributed by atoms with Gasteiger partial charge in [0.2, 0.25) is 17.8 Å². The van der Waals surface area contributed by atoms with Crippen molar-refractivity contribution in [3.8, 4) is 23.2 Å². The van der Waals surface area contributed by atoms with Gasteiger partial charge in [0.05, 0.1) is 31.4 Å². The zero-order valence-corrected chi connectivity index (χ0v) is 26.1. The highest BCUT2D eigenvalue weighted by molar-refractivity contribution is 5.91. The number of carbonyl (C=O) groups is 2. The second kappa shape index (κ2) is 13.3. The van der Waals surface area contributed by atoms with E-state index >= 15 is 8.78 Å². The van der Waals surface area contributed by atoms with Gasteiger partial charge in [-0.05, 0) is 48.9 Å². The number of hydrogen-bond donors (Lipinski definition) is 2. The maximum atomic E-state index is 15.2. The van der Waals surface area contributed by atoms with Crippen molar-refractivity contribution in [3.05, 3.63) is 54.4 Å². The number of nitriles is 1. The predicted molar refractivity (Wildman–Crippen MR) is 170 cm³/mol. The van der Waals surface area contributed by atoms with E-state index in [0.717, 1.165) is 55.7 Å². The van der Waals surface area contributed by atoms with Gasteiger partial charge in [-0.1, -0.05) is 0 Å². The molecule has 250 valence electrons. The number of piperidine rings is 1. The molecule has 2 amide bonds. The van der Waals surface area contributed by atoms with Crippen LogP contribution in [0.3, 0.4) is 0 Å². The van der Waals surface area contributed by atoms with Crippen LogP contribution < -0.4 is 20.3 Å². The molecule has 2 aromatic carbocycles. The van der Waals surface area contributed by atoms with Crippen molar-refractivity contribution in [2.75, 3.05) is 62.7 Å². The Morgan fingerprint density at radius 2 is 1.85 bits per heavy atom. The summed E-state index contributed by atoms with van der Waals surface area (Å²) >= 11 is 0. The van der Waals surface area contributed by atoms with Gasteiger partial charge in [0.15, 0.2) is 11.9 Å². The lowest BCUT2D eigenvalue weighted by Crippen LogP contribution is -2.58. The van der Waals surface area contributed by atoms with Gasteiger partial charge in [0.25, 0.3) is 0 Å². The number of ether oxygens (including phenoxy) is 2. The molecule has 5 heterocycles. The molecule has 2 atom stereocenters. The molecule has 4 aliphatic heterocycles. The van der Waals surface area contributed by atoms with E-state index in [-0.39, 0.29) is 42.4 Å². The van der Waals surface area contributed by atoms with Crippen molar-refractivity contribution in [1.29, 1.82) is 5.26 Å². The highest BCUT2D eigenvalue weighted by Gasteiger charge is 2.49.